The Morgan fingerprint density at radius 2 is 2.18 bits per heavy atom. The lowest BCUT2D eigenvalue weighted by atomic mass is 10.3. The monoisotopic (exact) mass is 256 g/mol. The molecule has 1 unspecified atom stereocenters. The summed E-state index contributed by atoms with van der Waals surface area (Å²) in [6.07, 6.45) is 0.871. The predicted molar refractivity (Wildman–Crippen MR) is 75.9 cm³/mol. The molecule has 2 N–H and O–H groups in total. The van der Waals surface area contributed by atoms with Crippen molar-refractivity contribution in [3.8, 4) is 0 Å². The van der Waals surface area contributed by atoms with Crippen molar-refractivity contribution in [3.63, 3.8) is 0 Å². The van der Waals surface area contributed by atoms with Gasteiger partial charge in [0.15, 0.2) is 5.13 Å². The van der Waals surface area contributed by atoms with Gasteiger partial charge in [-0.25, -0.2) is 4.98 Å². The molecule has 1 atom stereocenters. The standard InChI is InChI=1S/C12H24N4S/c1-5-16(10(2)8-15(3)4)12-14-11(6-7-13)9-17-12/h9-10H,5-8,13H2,1-4H3. The molecule has 0 amide bonds. The molecule has 0 radical (unpaired) electrons. The zero-order valence-corrected chi connectivity index (χ0v) is 12.1. The number of hydrogen-bond acceptors (Lipinski definition) is 5. The molecule has 0 aliphatic rings. The Morgan fingerprint density at radius 3 is 2.71 bits per heavy atom. The van der Waals surface area contributed by atoms with Crippen LogP contribution in [0.15, 0.2) is 5.38 Å². The molecule has 0 aliphatic heterocycles. The van der Waals surface area contributed by atoms with Gasteiger partial charge in [0.1, 0.15) is 0 Å². The molecule has 4 nitrogen and oxygen atoms in total. The van der Waals surface area contributed by atoms with Crippen LogP contribution in [0.5, 0.6) is 0 Å². The van der Waals surface area contributed by atoms with Crippen molar-refractivity contribution in [1.29, 1.82) is 0 Å². The lowest BCUT2D eigenvalue weighted by molar-refractivity contribution is 0.373. The second-order valence-corrected chi connectivity index (χ2v) is 5.39. The van der Waals surface area contributed by atoms with Crippen molar-refractivity contribution in [1.82, 2.24) is 9.88 Å². The van der Waals surface area contributed by atoms with E-state index >= 15 is 0 Å². The maximum absolute atomic E-state index is 5.55. The highest BCUT2D eigenvalue weighted by Gasteiger charge is 2.16. The first-order chi connectivity index (χ1) is 8.08. The van der Waals surface area contributed by atoms with Gasteiger partial charge in [0.2, 0.25) is 0 Å². The quantitative estimate of drug-likeness (QED) is 0.801. The molecular formula is C12H24N4S. The van der Waals surface area contributed by atoms with E-state index in [-0.39, 0.29) is 0 Å². The lowest BCUT2D eigenvalue weighted by Gasteiger charge is -2.29. The van der Waals surface area contributed by atoms with Crippen molar-refractivity contribution >= 4 is 16.5 Å². The van der Waals surface area contributed by atoms with E-state index in [1.807, 2.05) is 0 Å². The Hall–Kier alpha value is -0.650. The average molecular weight is 256 g/mol. The molecule has 0 fully saturated rings. The van der Waals surface area contributed by atoms with E-state index < -0.39 is 0 Å². The molecule has 0 saturated carbocycles. The first-order valence-corrected chi connectivity index (χ1v) is 7.02. The van der Waals surface area contributed by atoms with Crippen LogP contribution < -0.4 is 10.6 Å². The maximum atomic E-state index is 5.55. The molecular weight excluding hydrogens is 232 g/mol. The molecule has 5 heteroatoms. The summed E-state index contributed by atoms with van der Waals surface area (Å²) < 4.78 is 0. The second kappa shape index (κ2) is 6.93. The van der Waals surface area contributed by atoms with Crippen LogP contribution in [0.1, 0.15) is 19.5 Å². The Balaban J connectivity index is 2.71. The summed E-state index contributed by atoms with van der Waals surface area (Å²) >= 11 is 1.72. The highest BCUT2D eigenvalue weighted by molar-refractivity contribution is 7.13. The predicted octanol–water partition coefficient (Wildman–Crippen LogP) is 1.42. The molecule has 1 aromatic rings. The van der Waals surface area contributed by atoms with Gasteiger partial charge in [0.25, 0.3) is 0 Å². The number of hydrogen-bond donors (Lipinski definition) is 1. The van der Waals surface area contributed by atoms with Gasteiger partial charge in [-0.1, -0.05) is 0 Å². The van der Waals surface area contributed by atoms with Gasteiger partial charge in [-0.05, 0) is 34.5 Å². The van der Waals surface area contributed by atoms with Gasteiger partial charge in [-0.3, -0.25) is 0 Å². The molecule has 17 heavy (non-hydrogen) atoms. The first kappa shape index (κ1) is 14.4. The fourth-order valence-corrected chi connectivity index (χ4v) is 2.98. The summed E-state index contributed by atoms with van der Waals surface area (Å²) in [4.78, 5) is 9.21. The van der Waals surface area contributed by atoms with Gasteiger partial charge in [-0.2, -0.15) is 0 Å². The highest BCUT2D eigenvalue weighted by atomic mass is 32.1. The van der Waals surface area contributed by atoms with E-state index in [1.54, 1.807) is 11.3 Å². The summed E-state index contributed by atoms with van der Waals surface area (Å²) in [5.74, 6) is 0. The molecule has 1 aromatic heterocycles. The Kier molecular flexibility index (Phi) is 5.88. The Labute approximate surface area is 108 Å². The molecule has 98 valence electrons. The Morgan fingerprint density at radius 1 is 1.47 bits per heavy atom. The number of aromatic nitrogens is 1. The first-order valence-electron chi connectivity index (χ1n) is 6.14. The van der Waals surface area contributed by atoms with Crippen LogP contribution in [-0.2, 0) is 6.42 Å². The summed E-state index contributed by atoms with van der Waals surface area (Å²) in [5, 5.41) is 3.23. The number of anilines is 1. The number of rotatable bonds is 7. The summed E-state index contributed by atoms with van der Waals surface area (Å²) in [7, 11) is 4.21. The topological polar surface area (TPSA) is 45.4 Å². The van der Waals surface area contributed by atoms with Crippen LogP contribution in [0.2, 0.25) is 0 Å². The van der Waals surface area contributed by atoms with Crippen LogP contribution in [0.3, 0.4) is 0 Å². The Bertz CT molecular complexity index is 324. The fraction of sp³-hybridized carbons (Fsp3) is 0.750. The van der Waals surface area contributed by atoms with E-state index in [2.05, 4.69) is 48.1 Å². The van der Waals surface area contributed by atoms with Gasteiger partial charge in [-0.15, -0.1) is 11.3 Å². The highest BCUT2D eigenvalue weighted by Crippen LogP contribution is 2.22. The van der Waals surface area contributed by atoms with Gasteiger partial charge in [0, 0.05) is 30.9 Å². The molecule has 0 aromatic carbocycles. The molecule has 0 aliphatic carbocycles. The summed E-state index contributed by atoms with van der Waals surface area (Å²) in [5.41, 5.74) is 6.66. The van der Waals surface area contributed by atoms with Gasteiger partial charge >= 0.3 is 0 Å². The molecule has 0 saturated heterocycles. The minimum absolute atomic E-state index is 0.479. The maximum Gasteiger partial charge on any atom is 0.185 e. The summed E-state index contributed by atoms with van der Waals surface area (Å²) in [6.45, 7) is 7.12. The third kappa shape index (κ3) is 4.26. The zero-order valence-electron chi connectivity index (χ0n) is 11.3. The number of nitrogens with two attached hydrogens (primary N) is 1. The largest absolute Gasteiger partial charge is 0.344 e. The van der Waals surface area contributed by atoms with Crippen molar-refractivity contribution in [2.45, 2.75) is 26.3 Å². The minimum atomic E-state index is 0.479. The van der Waals surface area contributed by atoms with Gasteiger partial charge in [0.05, 0.1) is 5.69 Å². The number of nitrogens with zero attached hydrogens (tertiary/aromatic N) is 3. The number of thiazole rings is 1. The van der Waals surface area contributed by atoms with Crippen molar-refractivity contribution in [2.24, 2.45) is 5.73 Å². The van der Waals surface area contributed by atoms with E-state index in [4.69, 9.17) is 5.73 Å². The second-order valence-electron chi connectivity index (χ2n) is 4.56. The summed E-state index contributed by atoms with van der Waals surface area (Å²) in [6, 6.07) is 0.479. The smallest absolute Gasteiger partial charge is 0.185 e. The van der Waals surface area contributed by atoms with E-state index in [1.165, 1.54) is 0 Å². The van der Waals surface area contributed by atoms with Crippen LogP contribution >= 0.6 is 11.3 Å². The van der Waals surface area contributed by atoms with Crippen molar-refractivity contribution in [3.05, 3.63) is 11.1 Å². The lowest BCUT2D eigenvalue weighted by Crippen LogP contribution is -2.40. The third-order valence-electron chi connectivity index (χ3n) is 2.69. The molecule has 1 heterocycles. The van der Waals surface area contributed by atoms with E-state index in [0.29, 0.717) is 12.6 Å². The van der Waals surface area contributed by atoms with Crippen molar-refractivity contribution in [2.75, 3.05) is 38.6 Å². The van der Waals surface area contributed by atoms with E-state index in [9.17, 15) is 0 Å². The van der Waals surface area contributed by atoms with Crippen LogP contribution in [0, 0.1) is 0 Å². The fourth-order valence-electron chi connectivity index (χ4n) is 1.95. The third-order valence-corrected chi connectivity index (χ3v) is 3.61. The average Bonchev–Trinajstić information content (AvgIpc) is 2.67. The van der Waals surface area contributed by atoms with Gasteiger partial charge < -0.3 is 15.5 Å². The molecule has 0 spiro atoms. The van der Waals surface area contributed by atoms with Crippen LogP contribution in [0.4, 0.5) is 5.13 Å². The normalized spacial score (nSPS) is 13.1. The number of likely N-dealkylation sites (N-methyl/N-ethyl adjacent to an activating group) is 2. The van der Waals surface area contributed by atoms with E-state index in [0.717, 1.165) is 30.3 Å². The SMILES string of the molecule is CCN(c1nc(CCN)cs1)C(C)CN(C)C. The molecule has 0 bridgehead atoms. The molecule has 1 rings (SSSR count). The van der Waals surface area contributed by atoms with Crippen LogP contribution in [-0.4, -0.2) is 49.7 Å². The minimum Gasteiger partial charge on any atom is -0.344 e. The zero-order chi connectivity index (χ0) is 12.8. The van der Waals surface area contributed by atoms with Crippen LogP contribution in [0.25, 0.3) is 0 Å². The van der Waals surface area contributed by atoms with Crippen molar-refractivity contribution < 1.29 is 0 Å².